The first-order valence-electron chi connectivity index (χ1n) is 9.05. The Morgan fingerprint density at radius 3 is 2.46 bits per heavy atom. The minimum absolute atomic E-state index is 0.0310. The van der Waals surface area contributed by atoms with Crippen LogP contribution in [0.15, 0.2) is 63.8 Å². The first-order valence-corrected chi connectivity index (χ1v) is 9.05. The lowest BCUT2D eigenvalue weighted by Crippen LogP contribution is -2.20. The second-order valence-electron chi connectivity index (χ2n) is 6.73. The van der Waals surface area contributed by atoms with E-state index >= 15 is 0 Å². The zero-order valence-corrected chi connectivity index (χ0v) is 14.4. The van der Waals surface area contributed by atoms with Crippen molar-refractivity contribution in [3.8, 4) is 11.1 Å². The van der Waals surface area contributed by atoms with Crippen molar-refractivity contribution in [1.82, 2.24) is 0 Å². The number of benzene rings is 2. The summed E-state index contributed by atoms with van der Waals surface area (Å²) in [5.41, 5.74) is 1.88. The summed E-state index contributed by atoms with van der Waals surface area (Å²) in [7, 11) is 0. The highest BCUT2D eigenvalue weighted by Gasteiger charge is 2.19. The van der Waals surface area contributed by atoms with E-state index in [1.165, 1.54) is 6.42 Å². The van der Waals surface area contributed by atoms with Crippen LogP contribution in [0.1, 0.15) is 42.5 Å². The SMILES string of the molecule is O=C(OC1CCCCC1)c1ccc(-c2cc3ccccc3oc2=O)cc1. The number of carbonyl (C=O) groups is 1. The maximum absolute atomic E-state index is 12.3. The monoisotopic (exact) mass is 348 g/mol. The molecule has 1 saturated carbocycles. The van der Waals surface area contributed by atoms with Crippen LogP contribution in [0.25, 0.3) is 22.1 Å². The molecule has 1 aliphatic carbocycles. The van der Waals surface area contributed by atoms with Crippen molar-refractivity contribution in [3.05, 3.63) is 70.6 Å². The molecule has 0 spiro atoms. The van der Waals surface area contributed by atoms with Gasteiger partial charge in [-0.3, -0.25) is 0 Å². The van der Waals surface area contributed by atoms with Crippen LogP contribution in [0.5, 0.6) is 0 Å². The molecule has 1 aromatic heterocycles. The third-order valence-electron chi connectivity index (χ3n) is 4.90. The number of hydrogen-bond donors (Lipinski definition) is 0. The Bertz CT molecular complexity index is 979. The molecular weight excluding hydrogens is 328 g/mol. The fourth-order valence-electron chi connectivity index (χ4n) is 3.45. The van der Waals surface area contributed by atoms with Crippen LogP contribution in [0.2, 0.25) is 0 Å². The van der Waals surface area contributed by atoms with Crippen LogP contribution in [-0.2, 0) is 4.74 Å². The lowest BCUT2D eigenvalue weighted by Gasteiger charge is -2.21. The number of rotatable bonds is 3. The Labute approximate surface area is 151 Å². The number of fused-ring (bicyclic) bond motifs is 1. The molecule has 1 fully saturated rings. The van der Waals surface area contributed by atoms with Gasteiger partial charge in [0.2, 0.25) is 0 Å². The molecule has 1 aliphatic rings. The van der Waals surface area contributed by atoms with Crippen molar-refractivity contribution in [2.24, 2.45) is 0 Å². The molecule has 0 amide bonds. The van der Waals surface area contributed by atoms with E-state index < -0.39 is 0 Å². The minimum atomic E-state index is -0.388. The summed E-state index contributed by atoms with van der Waals surface area (Å²) in [6.45, 7) is 0. The van der Waals surface area contributed by atoms with Gasteiger partial charge in [0, 0.05) is 5.39 Å². The van der Waals surface area contributed by atoms with Gasteiger partial charge in [0.1, 0.15) is 11.7 Å². The molecule has 0 unspecified atom stereocenters. The molecule has 0 N–H and O–H groups in total. The first kappa shape index (κ1) is 16.6. The summed E-state index contributed by atoms with van der Waals surface area (Å²) in [6, 6.07) is 16.1. The maximum Gasteiger partial charge on any atom is 0.344 e. The first-order chi connectivity index (χ1) is 12.7. The largest absolute Gasteiger partial charge is 0.459 e. The molecular formula is C22H20O4. The van der Waals surface area contributed by atoms with Crippen LogP contribution < -0.4 is 5.63 Å². The van der Waals surface area contributed by atoms with E-state index in [1.54, 1.807) is 30.3 Å². The number of hydrogen-bond acceptors (Lipinski definition) is 4. The van der Waals surface area contributed by atoms with E-state index in [9.17, 15) is 9.59 Å². The van der Waals surface area contributed by atoms with Crippen molar-refractivity contribution in [2.45, 2.75) is 38.2 Å². The highest BCUT2D eigenvalue weighted by atomic mass is 16.5. The minimum Gasteiger partial charge on any atom is -0.459 e. The molecule has 0 aliphatic heterocycles. The van der Waals surface area contributed by atoms with Crippen molar-refractivity contribution in [3.63, 3.8) is 0 Å². The summed E-state index contributed by atoms with van der Waals surface area (Å²) in [5.74, 6) is -0.297. The van der Waals surface area contributed by atoms with Gasteiger partial charge in [0.25, 0.3) is 0 Å². The van der Waals surface area contributed by atoms with E-state index in [-0.39, 0.29) is 17.7 Å². The molecule has 0 bridgehead atoms. The van der Waals surface area contributed by atoms with E-state index in [0.29, 0.717) is 16.7 Å². The van der Waals surface area contributed by atoms with Gasteiger partial charge in [-0.15, -0.1) is 0 Å². The Morgan fingerprint density at radius 2 is 1.69 bits per heavy atom. The van der Waals surface area contributed by atoms with Crippen molar-refractivity contribution < 1.29 is 13.9 Å². The smallest absolute Gasteiger partial charge is 0.344 e. The van der Waals surface area contributed by atoms with Gasteiger partial charge in [0.15, 0.2) is 0 Å². The fourth-order valence-corrected chi connectivity index (χ4v) is 3.45. The van der Waals surface area contributed by atoms with Gasteiger partial charge in [-0.05, 0) is 55.5 Å². The van der Waals surface area contributed by atoms with Gasteiger partial charge in [-0.1, -0.05) is 36.8 Å². The Morgan fingerprint density at radius 1 is 0.962 bits per heavy atom. The van der Waals surface area contributed by atoms with Crippen LogP contribution in [0, 0.1) is 0 Å². The zero-order chi connectivity index (χ0) is 17.9. The summed E-state index contributed by atoms with van der Waals surface area (Å²) >= 11 is 0. The van der Waals surface area contributed by atoms with Crippen molar-refractivity contribution >= 4 is 16.9 Å². The van der Waals surface area contributed by atoms with Crippen molar-refractivity contribution in [2.75, 3.05) is 0 Å². The molecule has 0 atom stereocenters. The Kier molecular flexibility index (Phi) is 4.57. The van der Waals surface area contributed by atoms with Gasteiger partial charge < -0.3 is 9.15 Å². The maximum atomic E-state index is 12.3. The van der Waals surface area contributed by atoms with E-state index in [0.717, 1.165) is 36.6 Å². The molecule has 4 heteroatoms. The van der Waals surface area contributed by atoms with E-state index in [2.05, 4.69) is 0 Å². The third-order valence-corrected chi connectivity index (χ3v) is 4.90. The highest BCUT2D eigenvalue weighted by Crippen LogP contribution is 2.24. The molecule has 3 aromatic rings. The van der Waals surface area contributed by atoms with Gasteiger partial charge in [-0.25, -0.2) is 9.59 Å². The Balaban J connectivity index is 1.56. The second kappa shape index (κ2) is 7.16. The standard InChI is InChI=1S/C22H20O4/c23-21(25-18-7-2-1-3-8-18)16-12-10-15(11-13-16)19-14-17-6-4-5-9-20(17)26-22(19)24/h4-6,9-14,18H,1-3,7-8H2. The second-order valence-corrected chi connectivity index (χ2v) is 6.73. The van der Waals surface area contributed by atoms with Crippen molar-refractivity contribution in [1.29, 1.82) is 0 Å². The number of esters is 1. The number of para-hydroxylation sites is 1. The Hall–Kier alpha value is -2.88. The zero-order valence-electron chi connectivity index (χ0n) is 14.4. The average molecular weight is 348 g/mol. The van der Waals surface area contributed by atoms with Crippen LogP contribution in [0.3, 0.4) is 0 Å². The molecule has 4 rings (SSSR count). The predicted octanol–water partition coefficient (Wildman–Crippen LogP) is 4.95. The normalized spacial score (nSPS) is 15.1. The predicted molar refractivity (Wildman–Crippen MR) is 100 cm³/mol. The molecule has 26 heavy (non-hydrogen) atoms. The number of ether oxygens (including phenoxy) is 1. The van der Waals surface area contributed by atoms with Crippen LogP contribution in [-0.4, -0.2) is 12.1 Å². The molecule has 2 aromatic carbocycles. The number of carbonyl (C=O) groups excluding carboxylic acids is 1. The molecule has 132 valence electrons. The quantitative estimate of drug-likeness (QED) is 0.496. The van der Waals surface area contributed by atoms with Crippen LogP contribution >= 0.6 is 0 Å². The van der Waals surface area contributed by atoms with Gasteiger partial charge >= 0.3 is 11.6 Å². The van der Waals surface area contributed by atoms with E-state index in [1.807, 2.05) is 24.3 Å². The average Bonchev–Trinajstić information content (AvgIpc) is 2.68. The molecule has 0 radical (unpaired) electrons. The molecule has 0 saturated heterocycles. The summed E-state index contributed by atoms with van der Waals surface area (Å²) in [6.07, 6.45) is 5.38. The highest BCUT2D eigenvalue weighted by molar-refractivity contribution is 5.90. The van der Waals surface area contributed by atoms with Gasteiger partial charge in [0.05, 0.1) is 11.1 Å². The molecule has 1 heterocycles. The molecule has 4 nitrogen and oxygen atoms in total. The lowest BCUT2D eigenvalue weighted by atomic mass is 9.98. The summed E-state index contributed by atoms with van der Waals surface area (Å²) in [4.78, 5) is 24.6. The summed E-state index contributed by atoms with van der Waals surface area (Å²) in [5, 5.41) is 0.864. The summed E-state index contributed by atoms with van der Waals surface area (Å²) < 4.78 is 11.0. The topological polar surface area (TPSA) is 56.5 Å². The van der Waals surface area contributed by atoms with Crippen LogP contribution in [0.4, 0.5) is 0 Å². The fraction of sp³-hybridized carbons (Fsp3) is 0.273. The lowest BCUT2D eigenvalue weighted by molar-refractivity contribution is 0.0211. The van der Waals surface area contributed by atoms with Gasteiger partial charge in [-0.2, -0.15) is 0 Å². The third kappa shape index (κ3) is 3.40. The van der Waals surface area contributed by atoms with E-state index in [4.69, 9.17) is 9.15 Å².